The fourth-order valence-electron chi connectivity index (χ4n) is 7.14. The molecule has 3 rings (SSSR count). The topological polar surface area (TPSA) is 27.7 Å². The highest BCUT2D eigenvalue weighted by Gasteiger charge is 2.50. The van der Waals surface area contributed by atoms with Gasteiger partial charge in [0.1, 0.15) is 0 Å². The van der Waals surface area contributed by atoms with E-state index in [1.165, 1.54) is 33.5 Å². The van der Waals surface area contributed by atoms with Crippen molar-refractivity contribution in [1.82, 2.24) is 0 Å². The molecule has 0 heterocycles. The highest BCUT2D eigenvalue weighted by molar-refractivity contribution is 6.99. The Kier molecular flexibility index (Phi) is 12.5. The van der Waals surface area contributed by atoms with Crippen LogP contribution in [-0.2, 0) is 13.6 Å². The summed E-state index contributed by atoms with van der Waals surface area (Å²) in [6.45, 7) is 32.0. The van der Waals surface area contributed by atoms with Gasteiger partial charge in [-0.3, -0.25) is 0 Å². The van der Waals surface area contributed by atoms with E-state index >= 15 is 0 Å². The first-order valence-electron chi connectivity index (χ1n) is 17.2. The third kappa shape index (κ3) is 8.59. The molecule has 0 N–H and O–H groups in total. The van der Waals surface area contributed by atoms with Gasteiger partial charge in [-0.05, 0) is 89.5 Å². The van der Waals surface area contributed by atoms with Gasteiger partial charge in [0.25, 0.3) is 8.32 Å². The Balaban J connectivity index is 1.71. The van der Waals surface area contributed by atoms with Crippen molar-refractivity contribution in [2.75, 3.05) is 20.3 Å². The highest BCUT2D eigenvalue weighted by Crippen LogP contribution is 2.49. The lowest BCUT2D eigenvalue weighted by atomic mass is 9.63. The van der Waals surface area contributed by atoms with Crippen molar-refractivity contribution in [3.63, 3.8) is 0 Å². The molecule has 0 fully saturated rings. The molecular formula is C40H64O3Si2. The van der Waals surface area contributed by atoms with Crippen LogP contribution in [0.25, 0.3) is 0 Å². The minimum absolute atomic E-state index is 0.0119. The Morgan fingerprint density at radius 1 is 0.889 bits per heavy atom. The van der Waals surface area contributed by atoms with Crippen LogP contribution in [0.4, 0.5) is 0 Å². The van der Waals surface area contributed by atoms with E-state index in [0.717, 1.165) is 32.3 Å². The maximum absolute atomic E-state index is 7.15. The average molecular weight is 649 g/mol. The third-order valence-electron chi connectivity index (χ3n) is 11.0. The van der Waals surface area contributed by atoms with Crippen molar-refractivity contribution in [1.29, 1.82) is 0 Å². The predicted molar refractivity (Wildman–Crippen MR) is 200 cm³/mol. The second-order valence-corrected chi connectivity index (χ2v) is 25.6. The fourth-order valence-corrected chi connectivity index (χ4v) is 12.8. The Morgan fingerprint density at radius 2 is 1.42 bits per heavy atom. The summed E-state index contributed by atoms with van der Waals surface area (Å²) in [6.07, 6.45) is 5.06. The minimum atomic E-state index is -2.53. The van der Waals surface area contributed by atoms with E-state index in [9.17, 15) is 0 Å². The van der Waals surface area contributed by atoms with E-state index in [4.69, 9.17) is 13.6 Å². The first-order chi connectivity index (χ1) is 20.9. The molecule has 2 aromatic carbocycles. The molecule has 2 aromatic rings. The van der Waals surface area contributed by atoms with Gasteiger partial charge < -0.3 is 13.6 Å². The molecule has 0 amide bonds. The van der Waals surface area contributed by atoms with Crippen LogP contribution in [0, 0.1) is 11.3 Å². The van der Waals surface area contributed by atoms with Gasteiger partial charge in [-0.25, -0.2) is 0 Å². The van der Waals surface area contributed by atoms with E-state index in [1.54, 1.807) is 0 Å². The van der Waals surface area contributed by atoms with Gasteiger partial charge in [0, 0.05) is 20.3 Å². The second-order valence-electron chi connectivity index (χ2n) is 16.5. The number of methoxy groups -OCH3 is 1. The van der Waals surface area contributed by atoms with Crippen molar-refractivity contribution < 1.29 is 13.6 Å². The molecular weight excluding hydrogens is 585 g/mol. The third-order valence-corrected chi connectivity index (χ3v) is 20.5. The lowest BCUT2D eigenvalue weighted by Crippen LogP contribution is -2.66. The minimum Gasteiger partial charge on any atom is -0.417 e. The fraction of sp³-hybridized carbons (Fsp3) is 0.600. The second kappa shape index (κ2) is 15.0. The van der Waals surface area contributed by atoms with Crippen LogP contribution in [0.3, 0.4) is 0 Å². The number of hydrogen-bond acceptors (Lipinski definition) is 3. The summed E-state index contributed by atoms with van der Waals surface area (Å²) in [5.74, 6) is 0.482. The molecule has 2 atom stereocenters. The van der Waals surface area contributed by atoms with Crippen LogP contribution >= 0.6 is 0 Å². The Labute approximate surface area is 279 Å². The SMILES string of the molecule is C=C(CCCO[Si](c1ccccc1)(c1ccccc1)C(C)(C)C)CC(OC)C1=C(C)CCC(CO[Si](C)(C)C(C)(C)C)C1(C)C. The quantitative estimate of drug-likeness (QED) is 0.116. The van der Waals surface area contributed by atoms with E-state index < -0.39 is 16.6 Å². The molecule has 5 heteroatoms. The Hall–Kier alpha value is -1.77. The number of ether oxygens (including phenoxy) is 1. The molecule has 3 nitrogen and oxygen atoms in total. The first kappa shape index (κ1) is 37.7. The summed E-state index contributed by atoms with van der Waals surface area (Å²) in [6, 6.07) is 21.8. The average Bonchev–Trinajstić information content (AvgIpc) is 2.95. The van der Waals surface area contributed by atoms with Gasteiger partial charge in [0.2, 0.25) is 0 Å². The summed E-state index contributed by atoms with van der Waals surface area (Å²) in [4.78, 5) is 0. The van der Waals surface area contributed by atoms with Gasteiger partial charge in [0.15, 0.2) is 8.32 Å². The Morgan fingerprint density at radius 3 is 1.89 bits per heavy atom. The number of allylic oxidation sites excluding steroid dienone is 1. The highest BCUT2D eigenvalue weighted by atomic mass is 28.4. The lowest BCUT2D eigenvalue weighted by molar-refractivity contribution is 0.0696. The zero-order valence-corrected chi connectivity index (χ0v) is 32.8. The van der Waals surface area contributed by atoms with Crippen LogP contribution < -0.4 is 10.4 Å². The van der Waals surface area contributed by atoms with E-state index in [-0.39, 0.29) is 21.6 Å². The summed E-state index contributed by atoms with van der Waals surface area (Å²) in [7, 11) is -2.47. The number of hydrogen-bond donors (Lipinski definition) is 0. The van der Waals surface area contributed by atoms with Crippen molar-refractivity contribution in [3.05, 3.63) is 84.0 Å². The van der Waals surface area contributed by atoms with Gasteiger partial charge in [-0.15, -0.1) is 0 Å². The zero-order valence-electron chi connectivity index (χ0n) is 30.8. The van der Waals surface area contributed by atoms with Crippen LogP contribution in [0.1, 0.15) is 94.4 Å². The maximum Gasteiger partial charge on any atom is 0.261 e. The standard InChI is InChI=1S/C40H64O3Si2/c1-31(21-20-28-42-45(39(6,7)8,34-22-16-14-17-23-34)35-24-18-15-19-25-35)29-36(41-11)37-32(2)26-27-33(40(37,9)10)30-43-44(12,13)38(3,4)5/h14-19,22-25,33,36H,1,20-21,26-30H2,2-13H3. The lowest BCUT2D eigenvalue weighted by Gasteiger charge is -2.46. The Bertz CT molecular complexity index is 1230. The zero-order chi connectivity index (χ0) is 33.7. The molecule has 0 saturated heterocycles. The molecule has 1 aliphatic carbocycles. The molecule has 0 spiro atoms. The summed E-state index contributed by atoms with van der Waals surface area (Å²) in [5.41, 5.74) is 4.20. The molecule has 0 saturated carbocycles. The molecule has 2 unspecified atom stereocenters. The van der Waals surface area contributed by atoms with Crippen LogP contribution in [0.15, 0.2) is 84.0 Å². The van der Waals surface area contributed by atoms with Crippen molar-refractivity contribution in [2.24, 2.45) is 11.3 Å². The van der Waals surface area contributed by atoms with Crippen molar-refractivity contribution in [2.45, 2.75) is 124 Å². The van der Waals surface area contributed by atoms with E-state index in [0.29, 0.717) is 12.5 Å². The molecule has 0 aromatic heterocycles. The molecule has 0 aliphatic heterocycles. The number of rotatable bonds is 14. The monoisotopic (exact) mass is 648 g/mol. The van der Waals surface area contributed by atoms with E-state index in [2.05, 4.69) is 143 Å². The predicted octanol–water partition coefficient (Wildman–Crippen LogP) is 10.1. The van der Waals surface area contributed by atoms with Gasteiger partial charge >= 0.3 is 0 Å². The summed E-state index contributed by atoms with van der Waals surface area (Å²) < 4.78 is 20.2. The van der Waals surface area contributed by atoms with Gasteiger partial charge in [0.05, 0.1) is 6.10 Å². The van der Waals surface area contributed by atoms with E-state index in [1.807, 2.05) is 7.11 Å². The summed E-state index contributed by atoms with van der Waals surface area (Å²) in [5, 5.41) is 2.86. The molecule has 0 bridgehead atoms. The van der Waals surface area contributed by atoms with Crippen molar-refractivity contribution in [3.8, 4) is 0 Å². The van der Waals surface area contributed by atoms with Crippen LogP contribution in [0.5, 0.6) is 0 Å². The van der Waals surface area contributed by atoms with Crippen molar-refractivity contribution >= 4 is 27.0 Å². The molecule has 250 valence electrons. The van der Waals surface area contributed by atoms with Crippen LogP contribution in [-0.4, -0.2) is 43.1 Å². The van der Waals surface area contributed by atoms with Crippen LogP contribution in [0.2, 0.25) is 23.2 Å². The molecule has 1 aliphatic rings. The normalized spacial score (nSPS) is 18.6. The largest absolute Gasteiger partial charge is 0.417 e. The summed E-state index contributed by atoms with van der Waals surface area (Å²) >= 11 is 0. The maximum atomic E-state index is 7.15. The van der Waals surface area contributed by atoms with Gasteiger partial charge in [-0.1, -0.05) is 134 Å². The number of benzene rings is 2. The molecule has 0 radical (unpaired) electrons. The molecule has 45 heavy (non-hydrogen) atoms. The van der Waals surface area contributed by atoms with Gasteiger partial charge in [-0.2, -0.15) is 0 Å². The smallest absolute Gasteiger partial charge is 0.261 e. The first-order valence-corrected chi connectivity index (χ1v) is 22.0.